The normalized spacial score (nSPS) is 13.2. The standard InChI is InChI=1S/C69H110O6/c1-4-7-10-13-16-19-22-25-28-29-30-31-32-33-34-35-36-37-38-39-42-44-47-50-53-56-59-62-68(71)74-65-66(75-69(72)63-60-57-54-51-48-45-41-27-24-21-18-15-12-9-6-3)64-73-67(70)61-58-55-52-49-46-43-40-26-23-20-17-14-11-8-5-2/h7,9-10,12,16,18-19,21,25,27-28,30-31,33-34,36-37,39,41-42,48,51,57,60,66H,4-6,8,11,13-15,17,20,22-24,26,29,32,35,38,40,43-47,49-50,52-56,58-59,61-65H2,1-3H3/b10-7-,12-9-,19-16-,21-18-,28-25-,31-30-,34-33-,37-36-,41-27-,42-39-,51-48-,60-57-. The molecule has 422 valence electrons. The number of rotatable bonds is 53. The molecule has 1 unspecified atom stereocenters. The topological polar surface area (TPSA) is 78.9 Å². The number of carbonyl (C=O) groups excluding carboxylic acids is 3. The van der Waals surface area contributed by atoms with Gasteiger partial charge in [-0.25, -0.2) is 0 Å². The molecule has 75 heavy (non-hydrogen) atoms. The molecule has 0 aromatic heterocycles. The molecule has 0 aliphatic carbocycles. The number of esters is 3. The van der Waals surface area contributed by atoms with E-state index in [1.54, 1.807) is 6.08 Å². The lowest BCUT2D eigenvalue weighted by molar-refractivity contribution is -0.166. The molecule has 0 fully saturated rings. The molecule has 0 aromatic rings. The predicted molar refractivity (Wildman–Crippen MR) is 325 cm³/mol. The maximum Gasteiger partial charge on any atom is 0.310 e. The van der Waals surface area contributed by atoms with Crippen molar-refractivity contribution in [2.24, 2.45) is 0 Å². The second-order valence-corrected chi connectivity index (χ2v) is 19.5. The molecule has 6 nitrogen and oxygen atoms in total. The SMILES string of the molecule is CC/C=C\C/C=C\C/C=C\C/C=C\C/C=C\C/C=C\C/C=C\CCCCCCCC(=O)OCC(COC(=O)CCCCCCCCCCCCCCCCC)OC(=O)C/C=C\C/C=C\C/C=C\C/C=C\C/C=C\CC. The van der Waals surface area contributed by atoms with Gasteiger partial charge in [-0.2, -0.15) is 0 Å². The molecular formula is C69H110O6. The van der Waals surface area contributed by atoms with Gasteiger partial charge in [0.25, 0.3) is 0 Å². The Labute approximate surface area is 461 Å². The summed E-state index contributed by atoms with van der Waals surface area (Å²) in [5.41, 5.74) is 0. The van der Waals surface area contributed by atoms with Gasteiger partial charge in [-0.3, -0.25) is 14.4 Å². The zero-order valence-corrected chi connectivity index (χ0v) is 48.3. The summed E-state index contributed by atoms with van der Waals surface area (Å²) < 4.78 is 16.8. The summed E-state index contributed by atoms with van der Waals surface area (Å²) in [5, 5.41) is 0. The average molecular weight is 1040 g/mol. The van der Waals surface area contributed by atoms with Crippen molar-refractivity contribution in [3.8, 4) is 0 Å². The number of allylic oxidation sites excluding steroid dienone is 23. The maximum absolute atomic E-state index is 12.8. The Morgan fingerprint density at radius 1 is 0.293 bits per heavy atom. The number of carbonyl (C=O) groups is 3. The van der Waals surface area contributed by atoms with Crippen LogP contribution in [0.4, 0.5) is 0 Å². The van der Waals surface area contributed by atoms with Crippen LogP contribution in [0, 0.1) is 0 Å². The molecule has 0 bridgehead atoms. The molecule has 6 heteroatoms. The molecule has 0 saturated carbocycles. The minimum atomic E-state index is -0.846. The molecule has 0 amide bonds. The fourth-order valence-corrected chi connectivity index (χ4v) is 7.91. The molecule has 0 spiro atoms. The van der Waals surface area contributed by atoms with Crippen LogP contribution >= 0.6 is 0 Å². The van der Waals surface area contributed by atoms with E-state index in [1.165, 1.54) is 77.0 Å². The Morgan fingerprint density at radius 3 is 0.880 bits per heavy atom. The summed E-state index contributed by atoms with van der Waals surface area (Å²) in [7, 11) is 0. The van der Waals surface area contributed by atoms with Crippen LogP contribution in [-0.2, 0) is 28.6 Å². The van der Waals surface area contributed by atoms with Crippen molar-refractivity contribution >= 4 is 17.9 Å². The van der Waals surface area contributed by atoms with E-state index in [2.05, 4.69) is 154 Å². The summed E-state index contributed by atoms with van der Waals surface area (Å²) in [5.74, 6) is -1.08. The van der Waals surface area contributed by atoms with E-state index in [1.807, 2.05) is 6.08 Å². The van der Waals surface area contributed by atoms with E-state index in [0.29, 0.717) is 19.3 Å². The van der Waals surface area contributed by atoms with Crippen molar-refractivity contribution in [1.82, 2.24) is 0 Å². The minimum Gasteiger partial charge on any atom is -0.462 e. The Kier molecular flexibility index (Phi) is 58.0. The Bertz CT molecular complexity index is 1660. The van der Waals surface area contributed by atoms with Crippen LogP contribution in [-0.4, -0.2) is 37.2 Å². The highest BCUT2D eigenvalue weighted by molar-refractivity contribution is 5.72. The summed E-state index contributed by atoms with van der Waals surface area (Å²) >= 11 is 0. The fourth-order valence-electron chi connectivity index (χ4n) is 7.91. The molecule has 0 saturated heterocycles. The summed E-state index contributed by atoms with van der Waals surface area (Å²) in [6.07, 6.45) is 88.7. The highest BCUT2D eigenvalue weighted by Crippen LogP contribution is 2.15. The molecule has 0 rings (SSSR count). The van der Waals surface area contributed by atoms with E-state index in [-0.39, 0.29) is 31.6 Å². The van der Waals surface area contributed by atoms with Crippen molar-refractivity contribution in [3.05, 3.63) is 146 Å². The van der Waals surface area contributed by atoms with Gasteiger partial charge in [-0.05, 0) is 103 Å². The summed E-state index contributed by atoms with van der Waals surface area (Å²) in [4.78, 5) is 38.2. The van der Waals surface area contributed by atoms with E-state index in [9.17, 15) is 14.4 Å². The van der Waals surface area contributed by atoms with Crippen LogP contribution in [0.25, 0.3) is 0 Å². The van der Waals surface area contributed by atoms with Gasteiger partial charge < -0.3 is 14.2 Å². The number of hydrogen-bond donors (Lipinski definition) is 0. The molecular weight excluding hydrogens is 925 g/mol. The largest absolute Gasteiger partial charge is 0.462 e. The van der Waals surface area contributed by atoms with Gasteiger partial charge in [0.05, 0.1) is 6.42 Å². The van der Waals surface area contributed by atoms with Crippen molar-refractivity contribution < 1.29 is 28.6 Å². The monoisotopic (exact) mass is 1030 g/mol. The van der Waals surface area contributed by atoms with Gasteiger partial charge in [0.15, 0.2) is 6.10 Å². The second-order valence-electron chi connectivity index (χ2n) is 19.5. The van der Waals surface area contributed by atoms with Gasteiger partial charge in [-0.15, -0.1) is 0 Å². The van der Waals surface area contributed by atoms with Gasteiger partial charge in [0.2, 0.25) is 0 Å². The second kappa shape index (κ2) is 61.8. The quantitative estimate of drug-likeness (QED) is 0.0261. The van der Waals surface area contributed by atoms with Crippen LogP contribution in [0.3, 0.4) is 0 Å². The Hall–Kier alpha value is -4.71. The third kappa shape index (κ3) is 60.0. The van der Waals surface area contributed by atoms with Gasteiger partial charge >= 0.3 is 17.9 Å². The van der Waals surface area contributed by atoms with Crippen LogP contribution < -0.4 is 0 Å². The van der Waals surface area contributed by atoms with Crippen LogP contribution in [0.5, 0.6) is 0 Å². The highest BCUT2D eigenvalue weighted by Gasteiger charge is 2.19. The highest BCUT2D eigenvalue weighted by atomic mass is 16.6. The summed E-state index contributed by atoms with van der Waals surface area (Å²) in [6, 6.07) is 0. The summed E-state index contributed by atoms with van der Waals surface area (Å²) in [6.45, 7) is 6.31. The molecule has 0 N–H and O–H groups in total. The first-order valence-corrected chi connectivity index (χ1v) is 30.3. The molecule has 0 aromatic carbocycles. The molecule has 0 heterocycles. The molecule has 0 radical (unpaired) electrons. The van der Waals surface area contributed by atoms with Gasteiger partial charge in [0.1, 0.15) is 13.2 Å². The zero-order chi connectivity index (χ0) is 54.3. The third-order valence-electron chi connectivity index (χ3n) is 12.4. The first-order valence-electron chi connectivity index (χ1n) is 30.3. The Morgan fingerprint density at radius 2 is 0.560 bits per heavy atom. The van der Waals surface area contributed by atoms with Gasteiger partial charge in [0, 0.05) is 12.8 Å². The fraction of sp³-hybridized carbons (Fsp3) is 0.609. The van der Waals surface area contributed by atoms with Crippen LogP contribution in [0.2, 0.25) is 0 Å². The van der Waals surface area contributed by atoms with E-state index < -0.39 is 12.1 Å². The number of ether oxygens (including phenoxy) is 3. The first-order chi connectivity index (χ1) is 37.0. The lowest BCUT2D eigenvalue weighted by atomic mass is 10.0. The van der Waals surface area contributed by atoms with Gasteiger partial charge in [-0.1, -0.05) is 276 Å². The molecule has 1 atom stereocenters. The van der Waals surface area contributed by atoms with Crippen molar-refractivity contribution in [1.29, 1.82) is 0 Å². The zero-order valence-electron chi connectivity index (χ0n) is 48.3. The lowest BCUT2D eigenvalue weighted by Gasteiger charge is -2.18. The molecule has 0 aliphatic heterocycles. The lowest BCUT2D eigenvalue weighted by Crippen LogP contribution is -2.30. The predicted octanol–water partition coefficient (Wildman–Crippen LogP) is 20.8. The maximum atomic E-state index is 12.8. The van der Waals surface area contributed by atoms with Crippen LogP contribution in [0.1, 0.15) is 252 Å². The number of unbranched alkanes of at least 4 members (excludes halogenated alkanes) is 19. The van der Waals surface area contributed by atoms with Crippen molar-refractivity contribution in [2.45, 2.75) is 258 Å². The van der Waals surface area contributed by atoms with Crippen molar-refractivity contribution in [3.63, 3.8) is 0 Å². The van der Waals surface area contributed by atoms with Crippen LogP contribution in [0.15, 0.2) is 146 Å². The van der Waals surface area contributed by atoms with Crippen molar-refractivity contribution in [2.75, 3.05) is 13.2 Å². The van der Waals surface area contributed by atoms with E-state index in [4.69, 9.17) is 14.2 Å². The van der Waals surface area contributed by atoms with E-state index >= 15 is 0 Å². The molecule has 0 aliphatic rings. The average Bonchev–Trinajstić information content (AvgIpc) is 3.41. The third-order valence-corrected chi connectivity index (χ3v) is 12.4. The smallest absolute Gasteiger partial charge is 0.310 e. The Balaban J connectivity index is 4.47. The minimum absolute atomic E-state index is 0.0876. The number of hydrogen-bond acceptors (Lipinski definition) is 6. The first kappa shape index (κ1) is 70.3. The van der Waals surface area contributed by atoms with E-state index in [0.717, 1.165) is 128 Å².